The Hall–Kier alpha value is -1.58. The quantitative estimate of drug-likeness (QED) is 0.887. The van der Waals surface area contributed by atoms with E-state index in [9.17, 15) is 4.79 Å². The van der Waals surface area contributed by atoms with Crippen LogP contribution in [-0.2, 0) is 0 Å². The van der Waals surface area contributed by atoms with Crippen LogP contribution in [-0.4, -0.2) is 28.4 Å². The van der Waals surface area contributed by atoms with E-state index >= 15 is 0 Å². The van der Waals surface area contributed by atoms with E-state index in [1.54, 1.807) is 18.5 Å². The molecule has 0 spiro atoms. The number of anilines is 1. The highest BCUT2D eigenvalue weighted by Crippen LogP contribution is 2.36. The summed E-state index contributed by atoms with van der Waals surface area (Å²) in [5.74, 6) is 0.768. The molecule has 1 saturated heterocycles. The molecule has 2 fully saturated rings. The number of nitrogen functional groups attached to an aromatic ring is 1. The van der Waals surface area contributed by atoms with Gasteiger partial charge in [0, 0.05) is 30.7 Å². The summed E-state index contributed by atoms with van der Waals surface area (Å²) in [6.45, 7) is 0.869. The van der Waals surface area contributed by atoms with Crippen molar-refractivity contribution in [3.05, 3.63) is 24.0 Å². The van der Waals surface area contributed by atoms with Crippen LogP contribution in [0.25, 0.3) is 0 Å². The molecule has 2 aliphatic rings. The summed E-state index contributed by atoms with van der Waals surface area (Å²) >= 11 is 0. The van der Waals surface area contributed by atoms with Crippen molar-refractivity contribution in [3.8, 4) is 0 Å². The number of amides is 1. The summed E-state index contributed by atoms with van der Waals surface area (Å²) in [5.41, 5.74) is 7.00. The number of nitrogens with zero attached hydrogens (tertiary/aromatic N) is 2. The summed E-state index contributed by atoms with van der Waals surface area (Å²) in [4.78, 5) is 18.7. The zero-order chi connectivity index (χ0) is 13.2. The van der Waals surface area contributed by atoms with Gasteiger partial charge in [-0.05, 0) is 37.7 Å². The second-order valence-electron chi connectivity index (χ2n) is 5.72. The van der Waals surface area contributed by atoms with Gasteiger partial charge in [0.1, 0.15) is 0 Å². The number of nitrogens with two attached hydrogens (primary N) is 1. The van der Waals surface area contributed by atoms with E-state index in [1.807, 2.05) is 4.90 Å². The van der Waals surface area contributed by atoms with Gasteiger partial charge in [-0.1, -0.05) is 12.8 Å². The Bertz CT molecular complexity index is 468. The van der Waals surface area contributed by atoms with E-state index in [0.29, 0.717) is 23.2 Å². The number of hydrogen-bond acceptors (Lipinski definition) is 3. The molecular weight excluding hydrogens is 238 g/mol. The van der Waals surface area contributed by atoms with Crippen molar-refractivity contribution in [1.82, 2.24) is 9.88 Å². The lowest BCUT2D eigenvalue weighted by molar-refractivity contribution is 0.0689. The van der Waals surface area contributed by atoms with Gasteiger partial charge in [0.15, 0.2) is 0 Å². The largest absolute Gasteiger partial charge is 0.398 e. The Morgan fingerprint density at radius 2 is 2.05 bits per heavy atom. The van der Waals surface area contributed by atoms with Crippen molar-refractivity contribution in [2.45, 2.75) is 44.6 Å². The van der Waals surface area contributed by atoms with Crippen LogP contribution in [0.15, 0.2) is 18.5 Å². The first-order valence-electron chi connectivity index (χ1n) is 7.28. The average Bonchev–Trinajstić information content (AvgIpc) is 3.09. The summed E-state index contributed by atoms with van der Waals surface area (Å²) in [6, 6.07) is 2.13. The molecule has 4 heteroatoms. The maximum absolute atomic E-state index is 12.6. The van der Waals surface area contributed by atoms with Crippen LogP contribution in [0.3, 0.4) is 0 Å². The number of pyridine rings is 1. The van der Waals surface area contributed by atoms with E-state index in [4.69, 9.17) is 5.73 Å². The molecule has 4 nitrogen and oxygen atoms in total. The Kier molecular flexibility index (Phi) is 3.40. The fraction of sp³-hybridized carbons (Fsp3) is 0.600. The third-order valence-corrected chi connectivity index (χ3v) is 4.59. The fourth-order valence-corrected chi connectivity index (χ4v) is 3.62. The highest BCUT2D eigenvalue weighted by molar-refractivity contribution is 5.99. The molecule has 1 aliphatic carbocycles. The Labute approximate surface area is 114 Å². The van der Waals surface area contributed by atoms with Gasteiger partial charge in [-0.15, -0.1) is 0 Å². The molecule has 1 aromatic heterocycles. The van der Waals surface area contributed by atoms with Gasteiger partial charge in [-0.25, -0.2) is 0 Å². The minimum atomic E-state index is 0.0694. The topological polar surface area (TPSA) is 59.2 Å². The number of hydrogen-bond donors (Lipinski definition) is 1. The lowest BCUT2D eigenvalue weighted by Crippen LogP contribution is -2.39. The number of rotatable bonds is 2. The van der Waals surface area contributed by atoms with Crippen LogP contribution in [0.5, 0.6) is 0 Å². The number of carbonyl (C=O) groups is 1. The molecule has 0 radical (unpaired) electrons. The van der Waals surface area contributed by atoms with Crippen molar-refractivity contribution in [3.63, 3.8) is 0 Å². The van der Waals surface area contributed by atoms with E-state index < -0.39 is 0 Å². The molecule has 3 rings (SSSR count). The normalized spacial score (nSPS) is 24.0. The molecule has 2 heterocycles. The lowest BCUT2D eigenvalue weighted by Gasteiger charge is -2.29. The summed E-state index contributed by atoms with van der Waals surface area (Å²) in [7, 11) is 0. The van der Waals surface area contributed by atoms with E-state index in [0.717, 1.165) is 19.4 Å². The zero-order valence-corrected chi connectivity index (χ0v) is 11.2. The van der Waals surface area contributed by atoms with Crippen molar-refractivity contribution >= 4 is 11.6 Å². The van der Waals surface area contributed by atoms with Crippen LogP contribution in [0, 0.1) is 5.92 Å². The van der Waals surface area contributed by atoms with E-state index in [1.165, 1.54) is 25.7 Å². The highest BCUT2D eigenvalue weighted by atomic mass is 16.2. The van der Waals surface area contributed by atoms with Crippen LogP contribution in [0.1, 0.15) is 48.9 Å². The minimum Gasteiger partial charge on any atom is -0.398 e. The van der Waals surface area contributed by atoms with Gasteiger partial charge in [0.2, 0.25) is 0 Å². The van der Waals surface area contributed by atoms with Gasteiger partial charge < -0.3 is 10.6 Å². The highest BCUT2D eigenvalue weighted by Gasteiger charge is 2.36. The Morgan fingerprint density at radius 3 is 2.79 bits per heavy atom. The van der Waals surface area contributed by atoms with E-state index in [-0.39, 0.29) is 5.91 Å². The van der Waals surface area contributed by atoms with Crippen LogP contribution < -0.4 is 5.73 Å². The molecule has 1 atom stereocenters. The first-order valence-corrected chi connectivity index (χ1v) is 7.28. The van der Waals surface area contributed by atoms with Gasteiger partial charge in [-0.3, -0.25) is 9.78 Å². The molecule has 1 aliphatic heterocycles. The molecule has 1 amide bonds. The lowest BCUT2D eigenvalue weighted by atomic mass is 9.95. The Balaban J connectivity index is 1.80. The van der Waals surface area contributed by atoms with Gasteiger partial charge >= 0.3 is 0 Å². The minimum absolute atomic E-state index is 0.0694. The van der Waals surface area contributed by atoms with Crippen molar-refractivity contribution in [2.75, 3.05) is 12.3 Å². The monoisotopic (exact) mass is 259 g/mol. The van der Waals surface area contributed by atoms with Crippen LogP contribution in [0.2, 0.25) is 0 Å². The first-order chi connectivity index (χ1) is 9.27. The predicted molar refractivity (Wildman–Crippen MR) is 74.7 cm³/mol. The SMILES string of the molecule is Nc1ccncc1C(=O)N1CCCC1C1CCCC1. The molecule has 19 heavy (non-hydrogen) atoms. The van der Waals surface area contributed by atoms with Crippen LogP contribution >= 0.6 is 0 Å². The molecule has 2 N–H and O–H groups in total. The van der Waals surface area contributed by atoms with Crippen molar-refractivity contribution in [1.29, 1.82) is 0 Å². The summed E-state index contributed by atoms with van der Waals surface area (Å²) in [6.07, 6.45) is 10.7. The van der Waals surface area contributed by atoms with Crippen LogP contribution in [0.4, 0.5) is 5.69 Å². The molecular formula is C15H21N3O. The maximum atomic E-state index is 12.6. The molecule has 102 valence electrons. The molecule has 0 bridgehead atoms. The third kappa shape index (κ3) is 2.31. The second kappa shape index (κ2) is 5.19. The third-order valence-electron chi connectivity index (χ3n) is 4.59. The summed E-state index contributed by atoms with van der Waals surface area (Å²) in [5, 5.41) is 0. The molecule has 1 unspecified atom stereocenters. The standard InChI is InChI=1S/C15H21N3O/c16-13-7-8-17-10-12(13)15(19)18-9-3-6-14(18)11-4-1-2-5-11/h7-8,10-11,14H,1-6,9H2,(H2,16,17). The summed E-state index contributed by atoms with van der Waals surface area (Å²) < 4.78 is 0. The number of carbonyl (C=O) groups excluding carboxylic acids is 1. The second-order valence-corrected chi connectivity index (χ2v) is 5.72. The maximum Gasteiger partial charge on any atom is 0.257 e. The molecule has 0 aromatic carbocycles. The number of likely N-dealkylation sites (tertiary alicyclic amines) is 1. The fourth-order valence-electron chi connectivity index (χ4n) is 3.62. The molecule has 1 aromatic rings. The molecule has 1 saturated carbocycles. The van der Waals surface area contributed by atoms with Gasteiger partial charge in [-0.2, -0.15) is 0 Å². The van der Waals surface area contributed by atoms with Crippen molar-refractivity contribution in [2.24, 2.45) is 5.92 Å². The smallest absolute Gasteiger partial charge is 0.257 e. The Morgan fingerprint density at radius 1 is 1.26 bits per heavy atom. The first kappa shape index (κ1) is 12.5. The van der Waals surface area contributed by atoms with Gasteiger partial charge in [0.25, 0.3) is 5.91 Å². The van der Waals surface area contributed by atoms with Gasteiger partial charge in [0.05, 0.1) is 5.56 Å². The van der Waals surface area contributed by atoms with Crippen molar-refractivity contribution < 1.29 is 4.79 Å². The zero-order valence-electron chi connectivity index (χ0n) is 11.2. The number of aromatic nitrogens is 1. The predicted octanol–water partition coefficient (Wildman–Crippen LogP) is 2.46. The van der Waals surface area contributed by atoms with E-state index in [2.05, 4.69) is 4.98 Å². The average molecular weight is 259 g/mol.